The van der Waals surface area contributed by atoms with Gasteiger partial charge in [0, 0.05) is 24.5 Å². The number of fused-ring (bicyclic) bond motifs is 1. The summed E-state index contributed by atoms with van der Waals surface area (Å²) in [6, 6.07) is 14.5. The fourth-order valence-electron chi connectivity index (χ4n) is 6.45. The molecule has 4 heterocycles. The summed E-state index contributed by atoms with van der Waals surface area (Å²) in [5.74, 6) is 1.25. The number of hydrogen-bond acceptors (Lipinski definition) is 6. The molecule has 2 aromatic carbocycles. The minimum Gasteiger partial charge on any atom is -0.341 e. The van der Waals surface area contributed by atoms with Gasteiger partial charge >= 0.3 is 0 Å². The number of amides is 2. The number of carbonyl (C=O) groups excluding carboxylic acids is 2. The molecular formula is C32H37ClN6O2. The van der Waals surface area contributed by atoms with E-state index in [0.717, 1.165) is 73.5 Å². The van der Waals surface area contributed by atoms with E-state index in [1.165, 1.54) is 5.56 Å². The van der Waals surface area contributed by atoms with Gasteiger partial charge in [-0.3, -0.25) is 9.59 Å². The quantitative estimate of drug-likeness (QED) is 0.353. The molecule has 3 N–H and O–H groups in total. The molecule has 0 bridgehead atoms. The van der Waals surface area contributed by atoms with E-state index in [4.69, 9.17) is 16.6 Å². The first kappa shape index (κ1) is 27.7. The standard InChI is InChI=1S/C32H37ClN6O2/c1-32(2)28-22(5-3-6-26(28)37-30(32)41)10-13-25-24(33)19-35-31(38-25)36-23-11-8-20(9-12-23)21-14-17-39(18-15-21)29(40)27-7-4-16-34-27/h3,5-6,8-9,11-12,19,21,27,34H,4,7,10,13-18H2,1-2H3,(H,37,41)(H,35,36,38)/t27-/m0/s1. The molecule has 3 aliphatic heterocycles. The Morgan fingerprint density at radius 2 is 1.88 bits per heavy atom. The van der Waals surface area contributed by atoms with Crippen molar-refractivity contribution in [1.82, 2.24) is 20.2 Å². The zero-order valence-electron chi connectivity index (χ0n) is 23.7. The second-order valence-electron chi connectivity index (χ2n) is 11.9. The minimum absolute atomic E-state index is 0.0154. The van der Waals surface area contributed by atoms with Crippen LogP contribution in [0.3, 0.4) is 0 Å². The summed E-state index contributed by atoms with van der Waals surface area (Å²) >= 11 is 6.49. The number of carbonyl (C=O) groups is 2. The third-order valence-corrected chi connectivity index (χ3v) is 9.16. The van der Waals surface area contributed by atoms with Crippen LogP contribution in [0.25, 0.3) is 0 Å². The van der Waals surface area contributed by atoms with Crippen molar-refractivity contribution in [3.63, 3.8) is 0 Å². The second-order valence-corrected chi connectivity index (χ2v) is 12.3. The fourth-order valence-corrected chi connectivity index (χ4v) is 6.64. The molecule has 0 radical (unpaired) electrons. The van der Waals surface area contributed by atoms with Crippen LogP contribution in [-0.4, -0.2) is 52.4 Å². The van der Waals surface area contributed by atoms with Gasteiger partial charge in [-0.25, -0.2) is 9.97 Å². The molecule has 1 aromatic heterocycles. The summed E-state index contributed by atoms with van der Waals surface area (Å²) < 4.78 is 0. The number of nitrogens with one attached hydrogen (secondary N) is 3. The van der Waals surface area contributed by atoms with E-state index in [0.29, 0.717) is 29.7 Å². The largest absolute Gasteiger partial charge is 0.341 e. The van der Waals surface area contributed by atoms with Gasteiger partial charge in [-0.15, -0.1) is 0 Å². The summed E-state index contributed by atoms with van der Waals surface area (Å²) in [5.41, 5.74) is 5.47. The predicted octanol–water partition coefficient (Wildman–Crippen LogP) is 5.35. The first-order valence-electron chi connectivity index (χ1n) is 14.6. The molecule has 3 aromatic rings. The molecule has 8 nitrogen and oxygen atoms in total. The van der Waals surface area contributed by atoms with Crippen molar-refractivity contribution in [3.05, 3.63) is 76.1 Å². The average Bonchev–Trinajstić information content (AvgIpc) is 3.60. The minimum atomic E-state index is -0.568. The third kappa shape index (κ3) is 5.68. The van der Waals surface area contributed by atoms with Crippen molar-refractivity contribution in [2.75, 3.05) is 30.3 Å². The average molecular weight is 573 g/mol. The molecule has 0 aliphatic carbocycles. The summed E-state index contributed by atoms with van der Waals surface area (Å²) in [4.78, 5) is 36.3. The first-order valence-corrected chi connectivity index (χ1v) is 15.0. The molecule has 214 valence electrons. The number of aryl methyl sites for hydroxylation is 2. The third-order valence-electron chi connectivity index (χ3n) is 8.84. The van der Waals surface area contributed by atoms with Crippen LogP contribution in [0.2, 0.25) is 5.02 Å². The number of aromatic nitrogens is 2. The van der Waals surface area contributed by atoms with Crippen LogP contribution >= 0.6 is 11.6 Å². The van der Waals surface area contributed by atoms with Crippen LogP contribution in [-0.2, 0) is 27.8 Å². The first-order chi connectivity index (χ1) is 19.8. The SMILES string of the molecule is CC1(C)C(=O)Nc2cccc(CCc3nc(Nc4ccc(C5CCN(C(=O)[C@@H]6CCCN6)CC5)cc4)ncc3Cl)c21. The molecule has 3 aliphatic rings. The fraction of sp³-hybridized carbons (Fsp3) is 0.438. The number of anilines is 3. The van der Waals surface area contributed by atoms with E-state index in [9.17, 15) is 9.59 Å². The van der Waals surface area contributed by atoms with Gasteiger partial charge in [-0.1, -0.05) is 35.9 Å². The van der Waals surface area contributed by atoms with Crippen LogP contribution < -0.4 is 16.0 Å². The van der Waals surface area contributed by atoms with Gasteiger partial charge in [0.25, 0.3) is 0 Å². The molecule has 1 atom stereocenters. The number of likely N-dealkylation sites (tertiary alicyclic amines) is 1. The number of benzene rings is 2. The molecule has 0 unspecified atom stereocenters. The molecular weight excluding hydrogens is 536 g/mol. The Morgan fingerprint density at radius 1 is 1.10 bits per heavy atom. The van der Waals surface area contributed by atoms with Crippen molar-refractivity contribution in [1.29, 1.82) is 0 Å². The second kappa shape index (κ2) is 11.4. The van der Waals surface area contributed by atoms with Gasteiger partial charge in [0.2, 0.25) is 17.8 Å². The Kier molecular flexibility index (Phi) is 7.70. The summed E-state index contributed by atoms with van der Waals surface area (Å²) in [6.07, 6.45) is 7.01. The maximum absolute atomic E-state index is 12.7. The molecule has 41 heavy (non-hydrogen) atoms. The summed E-state index contributed by atoms with van der Waals surface area (Å²) in [5, 5.41) is 10.2. The Labute approximate surface area is 246 Å². The van der Waals surface area contributed by atoms with Crippen molar-refractivity contribution < 1.29 is 9.59 Å². The maximum atomic E-state index is 12.7. The Bertz CT molecular complexity index is 1440. The molecule has 9 heteroatoms. The molecule has 6 rings (SSSR count). The molecule has 2 fully saturated rings. The lowest BCUT2D eigenvalue weighted by atomic mass is 9.82. The van der Waals surface area contributed by atoms with Crippen LogP contribution in [0, 0.1) is 0 Å². The van der Waals surface area contributed by atoms with Crippen molar-refractivity contribution >= 4 is 40.7 Å². The van der Waals surface area contributed by atoms with Gasteiger partial charge < -0.3 is 20.9 Å². The molecule has 0 saturated carbocycles. The lowest BCUT2D eigenvalue weighted by Crippen LogP contribution is -2.46. The van der Waals surface area contributed by atoms with E-state index >= 15 is 0 Å². The number of rotatable bonds is 7. The van der Waals surface area contributed by atoms with E-state index in [2.05, 4.69) is 51.3 Å². The highest BCUT2D eigenvalue weighted by Gasteiger charge is 2.39. The highest BCUT2D eigenvalue weighted by Crippen LogP contribution is 2.40. The lowest BCUT2D eigenvalue weighted by molar-refractivity contribution is -0.134. The van der Waals surface area contributed by atoms with Crippen LogP contribution in [0.15, 0.2) is 48.7 Å². The van der Waals surface area contributed by atoms with Crippen molar-refractivity contribution in [2.45, 2.75) is 69.7 Å². The highest BCUT2D eigenvalue weighted by atomic mass is 35.5. The number of nitrogens with zero attached hydrogens (tertiary/aromatic N) is 3. The Hall–Kier alpha value is -3.49. The molecule has 2 saturated heterocycles. The molecule has 2 amide bonds. The molecule has 0 spiro atoms. The Balaban J connectivity index is 1.07. The van der Waals surface area contributed by atoms with Gasteiger partial charge in [-0.05, 0) is 99.7 Å². The van der Waals surface area contributed by atoms with E-state index in [-0.39, 0.29) is 17.9 Å². The van der Waals surface area contributed by atoms with Crippen LogP contribution in [0.5, 0.6) is 0 Å². The van der Waals surface area contributed by atoms with E-state index in [1.54, 1.807) is 6.20 Å². The summed E-state index contributed by atoms with van der Waals surface area (Å²) in [6.45, 7) is 6.51. The van der Waals surface area contributed by atoms with Crippen molar-refractivity contribution in [3.8, 4) is 0 Å². The van der Waals surface area contributed by atoms with Gasteiger partial charge in [0.15, 0.2) is 0 Å². The zero-order chi connectivity index (χ0) is 28.6. The number of hydrogen-bond donors (Lipinski definition) is 3. The normalized spacial score (nSPS) is 20.1. The van der Waals surface area contributed by atoms with Crippen molar-refractivity contribution in [2.24, 2.45) is 0 Å². The van der Waals surface area contributed by atoms with Crippen LogP contribution in [0.4, 0.5) is 17.3 Å². The van der Waals surface area contributed by atoms with Gasteiger partial charge in [0.05, 0.1) is 28.4 Å². The smallest absolute Gasteiger partial charge is 0.239 e. The monoisotopic (exact) mass is 572 g/mol. The summed E-state index contributed by atoms with van der Waals surface area (Å²) in [7, 11) is 0. The number of piperidine rings is 1. The number of halogens is 1. The highest BCUT2D eigenvalue weighted by molar-refractivity contribution is 6.31. The maximum Gasteiger partial charge on any atom is 0.239 e. The van der Waals surface area contributed by atoms with E-state index in [1.807, 2.05) is 30.9 Å². The Morgan fingerprint density at radius 3 is 2.61 bits per heavy atom. The predicted molar refractivity (Wildman–Crippen MR) is 162 cm³/mol. The van der Waals surface area contributed by atoms with E-state index < -0.39 is 5.41 Å². The van der Waals surface area contributed by atoms with Gasteiger partial charge in [0.1, 0.15) is 0 Å². The van der Waals surface area contributed by atoms with Crippen LogP contribution in [0.1, 0.15) is 67.8 Å². The topological polar surface area (TPSA) is 99.3 Å². The van der Waals surface area contributed by atoms with Gasteiger partial charge in [-0.2, -0.15) is 0 Å². The lowest BCUT2D eigenvalue weighted by Gasteiger charge is -2.33. The zero-order valence-corrected chi connectivity index (χ0v) is 24.4.